The van der Waals surface area contributed by atoms with Gasteiger partial charge in [0.1, 0.15) is 0 Å². The first-order valence-corrected chi connectivity index (χ1v) is 8.58. The third-order valence-electron chi connectivity index (χ3n) is 5.72. The van der Waals surface area contributed by atoms with Crippen LogP contribution in [0.15, 0.2) is 18.2 Å². The van der Waals surface area contributed by atoms with E-state index in [2.05, 4.69) is 40.4 Å². The standard InChI is InChI=1S/C18H27N3/c1-20-9-2-3-16-13-21(10-7-18(16)20)12-14-4-5-15-6-8-19-17(15)11-14/h4-5,11,16,18-19H,2-3,6-10,12-13H2,1H3. The number of nitrogens with one attached hydrogen (secondary N) is 1. The fourth-order valence-corrected chi connectivity index (χ4v) is 4.57. The van der Waals surface area contributed by atoms with Crippen LogP contribution in [0.25, 0.3) is 0 Å². The summed E-state index contributed by atoms with van der Waals surface area (Å²) in [7, 11) is 2.32. The SMILES string of the molecule is CN1CCCC2CN(Cc3ccc4c(c3)NCC4)CCC21. The molecule has 3 nitrogen and oxygen atoms in total. The Bertz CT molecular complexity index is 513. The second-order valence-electron chi connectivity index (χ2n) is 7.14. The molecule has 3 aliphatic heterocycles. The van der Waals surface area contributed by atoms with Gasteiger partial charge in [-0.1, -0.05) is 12.1 Å². The molecule has 0 bridgehead atoms. The quantitative estimate of drug-likeness (QED) is 0.901. The van der Waals surface area contributed by atoms with Gasteiger partial charge >= 0.3 is 0 Å². The van der Waals surface area contributed by atoms with Gasteiger partial charge in [0, 0.05) is 31.4 Å². The normalized spacial score (nSPS) is 29.8. The van der Waals surface area contributed by atoms with Gasteiger partial charge in [0.15, 0.2) is 0 Å². The molecule has 0 spiro atoms. The lowest BCUT2D eigenvalue weighted by Crippen LogP contribution is -2.52. The number of anilines is 1. The Labute approximate surface area is 128 Å². The predicted molar refractivity (Wildman–Crippen MR) is 87.7 cm³/mol. The Balaban J connectivity index is 1.41. The lowest BCUT2D eigenvalue weighted by atomic mass is 9.84. The number of rotatable bonds is 2. The Hall–Kier alpha value is -1.06. The van der Waals surface area contributed by atoms with Crippen LogP contribution < -0.4 is 5.32 Å². The molecule has 1 aromatic rings. The van der Waals surface area contributed by atoms with Crippen LogP contribution >= 0.6 is 0 Å². The van der Waals surface area contributed by atoms with E-state index in [0.717, 1.165) is 25.0 Å². The molecular weight excluding hydrogens is 258 g/mol. The predicted octanol–water partition coefficient (Wildman–Crippen LogP) is 2.57. The van der Waals surface area contributed by atoms with Gasteiger partial charge in [-0.3, -0.25) is 4.90 Å². The van der Waals surface area contributed by atoms with Crippen LogP contribution in [-0.4, -0.2) is 49.1 Å². The zero-order chi connectivity index (χ0) is 14.2. The average molecular weight is 285 g/mol. The maximum atomic E-state index is 3.50. The molecule has 0 saturated carbocycles. The van der Waals surface area contributed by atoms with Gasteiger partial charge in [-0.15, -0.1) is 0 Å². The molecule has 2 atom stereocenters. The summed E-state index contributed by atoms with van der Waals surface area (Å²) in [6, 6.07) is 7.88. The molecule has 3 aliphatic rings. The topological polar surface area (TPSA) is 18.5 Å². The van der Waals surface area contributed by atoms with Gasteiger partial charge in [0.25, 0.3) is 0 Å². The number of benzene rings is 1. The molecule has 3 heteroatoms. The van der Waals surface area contributed by atoms with Crippen molar-refractivity contribution in [3.63, 3.8) is 0 Å². The highest BCUT2D eigenvalue weighted by Crippen LogP contribution is 2.31. The number of hydrogen-bond acceptors (Lipinski definition) is 3. The van der Waals surface area contributed by atoms with Crippen molar-refractivity contribution in [2.24, 2.45) is 5.92 Å². The van der Waals surface area contributed by atoms with E-state index in [1.54, 1.807) is 0 Å². The van der Waals surface area contributed by atoms with Crippen LogP contribution in [0.4, 0.5) is 5.69 Å². The van der Waals surface area contributed by atoms with Crippen molar-refractivity contribution in [3.05, 3.63) is 29.3 Å². The molecule has 0 aliphatic carbocycles. The second kappa shape index (κ2) is 5.62. The van der Waals surface area contributed by atoms with Gasteiger partial charge < -0.3 is 10.2 Å². The minimum atomic E-state index is 0.844. The molecule has 4 rings (SSSR count). The van der Waals surface area contributed by atoms with E-state index in [4.69, 9.17) is 0 Å². The number of likely N-dealkylation sites (tertiary alicyclic amines) is 2. The summed E-state index contributed by atoms with van der Waals surface area (Å²) in [4.78, 5) is 5.28. The van der Waals surface area contributed by atoms with Crippen LogP contribution in [0.5, 0.6) is 0 Å². The van der Waals surface area contributed by atoms with Crippen molar-refractivity contribution >= 4 is 5.69 Å². The van der Waals surface area contributed by atoms with E-state index < -0.39 is 0 Å². The molecule has 2 saturated heterocycles. The van der Waals surface area contributed by atoms with Crippen molar-refractivity contribution in [1.82, 2.24) is 9.80 Å². The number of fused-ring (bicyclic) bond motifs is 2. The van der Waals surface area contributed by atoms with Crippen molar-refractivity contribution in [1.29, 1.82) is 0 Å². The number of piperidine rings is 2. The summed E-state index contributed by atoms with van der Waals surface area (Å²) in [5.41, 5.74) is 4.34. The molecular formula is C18H27N3. The zero-order valence-corrected chi connectivity index (χ0v) is 13.1. The van der Waals surface area contributed by atoms with E-state index in [1.807, 2.05) is 0 Å². The van der Waals surface area contributed by atoms with Crippen molar-refractivity contribution in [3.8, 4) is 0 Å². The Kier molecular flexibility index (Phi) is 3.64. The Morgan fingerprint density at radius 2 is 2.19 bits per heavy atom. The average Bonchev–Trinajstić information content (AvgIpc) is 2.95. The fourth-order valence-electron chi connectivity index (χ4n) is 4.57. The van der Waals surface area contributed by atoms with Crippen molar-refractivity contribution < 1.29 is 0 Å². The van der Waals surface area contributed by atoms with Crippen LogP contribution in [0, 0.1) is 5.92 Å². The highest BCUT2D eigenvalue weighted by molar-refractivity contribution is 5.57. The highest BCUT2D eigenvalue weighted by atomic mass is 15.2. The zero-order valence-electron chi connectivity index (χ0n) is 13.1. The summed E-state index contributed by atoms with van der Waals surface area (Å²) in [6.07, 6.45) is 5.35. The van der Waals surface area contributed by atoms with E-state index in [0.29, 0.717) is 0 Å². The summed E-state index contributed by atoms with van der Waals surface area (Å²) in [5, 5.41) is 3.50. The lowest BCUT2D eigenvalue weighted by Gasteiger charge is -2.46. The van der Waals surface area contributed by atoms with Gasteiger partial charge in [-0.05, 0) is 68.9 Å². The lowest BCUT2D eigenvalue weighted by molar-refractivity contribution is 0.0355. The second-order valence-corrected chi connectivity index (χ2v) is 7.14. The summed E-state index contributed by atoms with van der Waals surface area (Å²) < 4.78 is 0. The van der Waals surface area contributed by atoms with Gasteiger partial charge in [0.05, 0.1) is 0 Å². The molecule has 1 aromatic carbocycles. The van der Waals surface area contributed by atoms with Crippen molar-refractivity contribution in [2.75, 3.05) is 38.5 Å². The molecule has 0 radical (unpaired) electrons. The first kappa shape index (κ1) is 13.6. The summed E-state index contributed by atoms with van der Waals surface area (Å²) in [6.45, 7) is 6.09. The third-order valence-corrected chi connectivity index (χ3v) is 5.72. The molecule has 0 amide bonds. The largest absolute Gasteiger partial charge is 0.384 e. The van der Waals surface area contributed by atoms with Crippen LogP contribution in [0.3, 0.4) is 0 Å². The minimum absolute atomic E-state index is 0.844. The Morgan fingerprint density at radius 3 is 3.14 bits per heavy atom. The maximum absolute atomic E-state index is 3.50. The van der Waals surface area contributed by atoms with E-state index in [9.17, 15) is 0 Å². The van der Waals surface area contributed by atoms with E-state index >= 15 is 0 Å². The first-order chi connectivity index (χ1) is 10.3. The summed E-state index contributed by atoms with van der Waals surface area (Å²) in [5.74, 6) is 0.894. The van der Waals surface area contributed by atoms with Crippen LogP contribution in [0.2, 0.25) is 0 Å². The molecule has 0 aromatic heterocycles. The molecule has 3 heterocycles. The summed E-state index contributed by atoms with van der Waals surface area (Å²) >= 11 is 0. The molecule has 21 heavy (non-hydrogen) atoms. The van der Waals surface area contributed by atoms with Gasteiger partial charge in [0.2, 0.25) is 0 Å². The molecule has 114 valence electrons. The monoisotopic (exact) mass is 285 g/mol. The molecule has 2 unspecified atom stereocenters. The molecule has 2 fully saturated rings. The molecule has 1 N–H and O–H groups in total. The minimum Gasteiger partial charge on any atom is -0.384 e. The third kappa shape index (κ3) is 2.69. The van der Waals surface area contributed by atoms with E-state index in [1.165, 1.54) is 62.1 Å². The van der Waals surface area contributed by atoms with Gasteiger partial charge in [-0.2, -0.15) is 0 Å². The van der Waals surface area contributed by atoms with Gasteiger partial charge in [-0.25, -0.2) is 0 Å². The van der Waals surface area contributed by atoms with Crippen LogP contribution in [-0.2, 0) is 13.0 Å². The highest BCUT2D eigenvalue weighted by Gasteiger charge is 2.34. The van der Waals surface area contributed by atoms with Crippen molar-refractivity contribution in [2.45, 2.75) is 38.3 Å². The number of nitrogens with zero attached hydrogens (tertiary/aromatic N) is 2. The Morgan fingerprint density at radius 1 is 1.24 bits per heavy atom. The van der Waals surface area contributed by atoms with E-state index in [-0.39, 0.29) is 0 Å². The van der Waals surface area contributed by atoms with Crippen LogP contribution in [0.1, 0.15) is 30.4 Å². The fraction of sp³-hybridized carbons (Fsp3) is 0.667. The number of hydrogen-bond donors (Lipinski definition) is 1. The first-order valence-electron chi connectivity index (χ1n) is 8.58. The smallest absolute Gasteiger partial charge is 0.0376 e. The maximum Gasteiger partial charge on any atom is 0.0376 e.